The van der Waals surface area contributed by atoms with Crippen molar-refractivity contribution in [2.24, 2.45) is 5.92 Å². The lowest BCUT2D eigenvalue weighted by Gasteiger charge is -2.30. The molecule has 0 spiro atoms. The topological polar surface area (TPSA) is 37.8 Å². The molecule has 3 nitrogen and oxygen atoms in total. The Balaban J connectivity index is 1.80. The van der Waals surface area contributed by atoms with Crippen molar-refractivity contribution >= 4 is 0 Å². The smallest absolute Gasteiger partial charge is 0.115 e. The zero-order valence-electron chi connectivity index (χ0n) is 11.3. The lowest BCUT2D eigenvalue weighted by molar-refractivity contribution is 0.313. The van der Waals surface area contributed by atoms with Crippen molar-refractivity contribution in [3.8, 4) is 0 Å². The van der Waals surface area contributed by atoms with E-state index >= 15 is 0 Å². The van der Waals surface area contributed by atoms with Gasteiger partial charge in [0.2, 0.25) is 0 Å². The van der Waals surface area contributed by atoms with Gasteiger partial charge in [0.15, 0.2) is 0 Å². The number of nitrogens with one attached hydrogen (secondary N) is 1. The molecule has 1 N–H and O–H groups in total. The highest BCUT2D eigenvalue weighted by atomic mass is 14.9. The second kappa shape index (κ2) is 5.35. The summed E-state index contributed by atoms with van der Waals surface area (Å²) in [5.74, 6) is 1.64. The first-order valence-electron chi connectivity index (χ1n) is 7.41. The molecule has 98 valence electrons. The van der Waals surface area contributed by atoms with Crippen LogP contribution in [0.25, 0.3) is 0 Å². The Bertz CT molecular complexity index is 408. The molecule has 0 saturated heterocycles. The molecule has 1 aliphatic carbocycles. The molecule has 18 heavy (non-hydrogen) atoms. The van der Waals surface area contributed by atoms with E-state index in [0.29, 0.717) is 5.92 Å². The predicted octanol–water partition coefficient (Wildman–Crippen LogP) is 2.81. The fourth-order valence-corrected chi connectivity index (χ4v) is 3.49. The van der Waals surface area contributed by atoms with Crippen molar-refractivity contribution in [2.75, 3.05) is 6.54 Å². The van der Waals surface area contributed by atoms with Gasteiger partial charge in [-0.25, -0.2) is 9.97 Å². The SMILES string of the molecule is CCC1CCC(c2ncnc3c2CNCC3)CC1. The summed E-state index contributed by atoms with van der Waals surface area (Å²) in [6.45, 7) is 4.35. The Morgan fingerprint density at radius 2 is 2.06 bits per heavy atom. The zero-order chi connectivity index (χ0) is 12.4. The summed E-state index contributed by atoms with van der Waals surface area (Å²) in [6.07, 6.45) is 9.60. The van der Waals surface area contributed by atoms with Crippen molar-refractivity contribution in [1.29, 1.82) is 0 Å². The van der Waals surface area contributed by atoms with E-state index in [9.17, 15) is 0 Å². The maximum atomic E-state index is 4.62. The molecule has 2 aliphatic rings. The van der Waals surface area contributed by atoms with E-state index in [4.69, 9.17) is 0 Å². The Labute approximate surface area is 109 Å². The van der Waals surface area contributed by atoms with Crippen molar-refractivity contribution in [3.63, 3.8) is 0 Å². The molecule has 1 aromatic heterocycles. The second-order valence-electron chi connectivity index (χ2n) is 5.74. The maximum absolute atomic E-state index is 4.62. The standard InChI is InChI=1S/C15H23N3/c1-2-11-3-5-12(6-4-11)15-13-9-16-8-7-14(13)17-10-18-15/h10-12,16H,2-9H2,1H3. The number of hydrogen-bond acceptors (Lipinski definition) is 3. The first-order valence-corrected chi connectivity index (χ1v) is 7.41. The van der Waals surface area contributed by atoms with Crippen LogP contribution in [0, 0.1) is 5.92 Å². The first kappa shape index (κ1) is 12.1. The molecule has 1 fully saturated rings. The van der Waals surface area contributed by atoms with Crippen LogP contribution in [0.2, 0.25) is 0 Å². The summed E-state index contributed by atoms with van der Waals surface area (Å²) in [7, 11) is 0. The Kier molecular flexibility index (Phi) is 3.59. The van der Waals surface area contributed by atoms with Gasteiger partial charge in [0.1, 0.15) is 6.33 Å². The molecular weight excluding hydrogens is 222 g/mol. The third kappa shape index (κ3) is 2.28. The predicted molar refractivity (Wildman–Crippen MR) is 72.4 cm³/mol. The molecule has 0 radical (unpaired) electrons. The number of rotatable bonds is 2. The largest absolute Gasteiger partial charge is 0.312 e. The summed E-state index contributed by atoms with van der Waals surface area (Å²) in [5.41, 5.74) is 4.04. The minimum absolute atomic E-state index is 0.685. The molecule has 0 bridgehead atoms. The molecule has 1 aliphatic heterocycles. The summed E-state index contributed by atoms with van der Waals surface area (Å²) < 4.78 is 0. The lowest BCUT2D eigenvalue weighted by Crippen LogP contribution is -2.27. The van der Waals surface area contributed by atoms with Gasteiger partial charge in [-0.2, -0.15) is 0 Å². The average Bonchev–Trinajstić information content (AvgIpc) is 2.47. The first-order chi connectivity index (χ1) is 8.88. The molecular formula is C15H23N3. The average molecular weight is 245 g/mol. The van der Waals surface area contributed by atoms with Gasteiger partial charge < -0.3 is 5.32 Å². The van der Waals surface area contributed by atoms with Gasteiger partial charge >= 0.3 is 0 Å². The van der Waals surface area contributed by atoms with Gasteiger partial charge in [-0.3, -0.25) is 0 Å². The fourth-order valence-electron chi connectivity index (χ4n) is 3.49. The van der Waals surface area contributed by atoms with Gasteiger partial charge in [-0.05, 0) is 31.6 Å². The quantitative estimate of drug-likeness (QED) is 0.870. The van der Waals surface area contributed by atoms with E-state index < -0.39 is 0 Å². The number of hydrogen-bond donors (Lipinski definition) is 1. The van der Waals surface area contributed by atoms with Gasteiger partial charge in [0.05, 0.1) is 5.69 Å². The van der Waals surface area contributed by atoms with Crippen LogP contribution in [0.15, 0.2) is 6.33 Å². The second-order valence-corrected chi connectivity index (χ2v) is 5.74. The van der Waals surface area contributed by atoms with Crippen LogP contribution in [0.4, 0.5) is 0 Å². The number of nitrogens with zero attached hydrogens (tertiary/aromatic N) is 2. The van der Waals surface area contributed by atoms with Crippen molar-refractivity contribution in [1.82, 2.24) is 15.3 Å². The Hall–Kier alpha value is -0.960. The van der Waals surface area contributed by atoms with E-state index in [1.165, 1.54) is 49.1 Å². The summed E-state index contributed by atoms with van der Waals surface area (Å²) in [6, 6.07) is 0. The van der Waals surface area contributed by atoms with E-state index in [0.717, 1.165) is 25.4 Å². The molecule has 3 heteroatoms. The van der Waals surface area contributed by atoms with Gasteiger partial charge in [-0.1, -0.05) is 13.3 Å². The minimum Gasteiger partial charge on any atom is -0.312 e. The zero-order valence-corrected chi connectivity index (χ0v) is 11.3. The van der Waals surface area contributed by atoms with Crippen LogP contribution in [0.1, 0.15) is 61.9 Å². The van der Waals surface area contributed by atoms with E-state index in [1.807, 2.05) is 0 Å². The van der Waals surface area contributed by atoms with Gasteiger partial charge in [0, 0.05) is 36.7 Å². The van der Waals surface area contributed by atoms with Crippen LogP contribution in [0.5, 0.6) is 0 Å². The van der Waals surface area contributed by atoms with Crippen LogP contribution < -0.4 is 5.32 Å². The van der Waals surface area contributed by atoms with E-state index in [2.05, 4.69) is 22.2 Å². The highest BCUT2D eigenvalue weighted by molar-refractivity contribution is 5.29. The third-order valence-corrected chi connectivity index (χ3v) is 4.72. The number of aromatic nitrogens is 2. The fraction of sp³-hybridized carbons (Fsp3) is 0.733. The molecule has 2 heterocycles. The van der Waals surface area contributed by atoms with Gasteiger partial charge in [0.25, 0.3) is 0 Å². The molecule has 1 aromatic rings. The van der Waals surface area contributed by atoms with Crippen LogP contribution in [-0.4, -0.2) is 16.5 Å². The summed E-state index contributed by atoms with van der Waals surface area (Å²) >= 11 is 0. The van der Waals surface area contributed by atoms with Gasteiger partial charge in [-0.15, -0.1) is 0 Å². The summed E-state index contributed by atoms with van der Waals surface area (Å²) in [4.78, 5) is 9.07. The maximum Gasteiger partial charge on any atom is 0.115 e. The normalized spacial score (nSPS) is 27.8. The minimum atomic E-state index is 0.685. The molecule has 0 aromatic carbocycles. The molecule has 0 unspecified atom stereocenters. The molecule has 1 saturated carbocycles. The Morgan fingerprint density at radius 1 is 1.22 bits per heavy atom. The third-order valence-electron chi connectivity index (χ3n) is 4.72. The summed E-state index contributed by atoms with van der Waals surface area (Å²) in [5, 5.41) is 3.46. The molecule has 3 rings (SSSR count). The molecule has 0 atom stereocenters. The van der Waals surface area contributed by atoms with Crippen LogP contribution in [0.3, 0.4) is 0 Å². The lowest BCUT2D eigenvalue weighted by atomic mass is 9.78. The van der Waals surface area contributed by atoms with Crippen molar-refractivity contribution in [2.45, 2.75) is 57.9 Å². The number of fused-ring (bicyclic) bond motifs is 1. The monoisotopic (exact) mass is 245 g/mol. The Morgan fingerprint density at radius 3 is 2.83 bits per heavy atom. The van der Waals surface area contributed by atoms with Crippen molar-refractivity contribution in [3.05, 3.63) is 23.3 Å². The molecule has 0 amide bonds. The van der Waals surface area contributed by atoms with Crippen molar-refractivity contribution < 1.29 is 0 Å². The highest BCUT2D eigenvalue weighted by Crippen LogP contribution is 2.37. The van der Waals surface area contributed by atoms with E-state index in [-0.39, 0.29) is 0 Å². The van der Waals surface area contributed by atoms with Crippen LogP contribution >= 0.6 is 0 Å². The van der Waals surface area contributed by atoms with E-state index in [1.54, 1.807) is 6.33 Å². The van der Waals surface area contributed by atoms with Crippen LogP contribution in [-0.2, 0) is 13.0 Å². The highest BCUT2D eigenvalue weighted by Gasteiger charge is 2.26.